The van der Waals surface area contributed by atoms with Crippen molar-refractivity contribution in [3.63, 3.8) is 0 Å². The Morgan fingerprint density at radius 2 is 1.88 bits per heavy atom. The molecule has 4 aromatic rings. The summed E-state index contributed by atoms with van der Waals surface area (Å²) in [6.07, 6.45) is 3.09. The van der Waals surface area contributed by atoms with Crippen LogP contribution in [0.5, 0.6) is 0 Å². The van der Waals surface area contributed by atoms with Crippen LogP contribution in [-0.4, -0.2) is 25.1 Å². The van der Waals surface area contributed by atoms with Crippen molar-refractivity contribution in [2.45, 2.75) is 6.92 Å². The second-order valence-corrected chi connectivity index (χ2v) is 5.43. The highest BCUT2D eigenvalue weighted by Gasteiger charge is 2.16. The van der Waals surface area contributed by atoms with Gasteiger partial charge in [-0.3, -0.25) is 9.78 Å². The average Bonchev–Trinajstić information content (AvgIpc) is 3.12. The molecule has 0 saturated carbocycles. The number of H-pyrrole nitrogens is 1. The van der Waals surface area contributed by atoms with E-state index in [2.05, 4.69) is 25.1 Å². The number of nitrogens with zero attached hydrogens (tertiary/aromatic N) is 4. The van der Waals surface area contributed by atoms with E-state index in [1.54, 1.807) is 6.20 Å². The normalized spacial score (nSPS) is 10.8. The van der Waals surface area contributed by atoms with Crippen molar-refractivity contribution in [2.24, 2.45) is 0 Å². The first-order valence-corrected chi connectivity index (χ1v) is 7.63. The molecule has 0 unspecified atom stereocenters. The zero-order chi connectivity index (χ0) is 17.2. The van der Waals surface area contributed by atoms with Crippen molar-refractivity contribution >= 4 is 0 Å². The van der Waals surface area contributed by atoms with E-state index in [0.29, 0.717) is 17.3 Å². The molecule has 122 valence electrons. The Kier molecular flexibility index (Phi) is 3.66. The van der Waals surface area contributed by atoms with Crippen LogP contribution >= 0.6 is 0 Å². The first-order valence-electron chi connectivity index (χ1n) is 7.63. The molecule has 1 aromatic carbocycles. The maximum Gasteiger partial charge on any atom is 0.265 e. The first kappa shape index (κ1) is 14.9. The lowest BCUT2D eigenvalue weighted by Crippen LogP contribution is -2.11. The van der Waals surface area contributed by atoms with E-state index >= 15 is 0 Å². The van der Waals surface area contributed by atoms with Crippen LogP contribution in [0.15, 0.2) is 64.2 Å². The summed E-state index contributed by atoms with van der Waals surface area (Å²) >= 11 is 0. The minimum Gasteiger partial charge on any atom is -0.333 e. The van der Waals surface area contributed by atoms with Crippen LogP contribution in [0.4, 0.5) is 0 Å². The number of pyridine rings is 1. The van der Waals surface area contributed by atoms with Gasteiger partial charge in [-0.2, -0.15) is 4.98 Å². The third kappa shape index (κ3) is 2.83. The molecule has 0 saturated heterocycles. The zero-order valence-electron chi connectivity index (χ0n) is 13.3. The van der Waals surface area contributed by atoms with Gasteiger partial charge in [0.25, 0.3) is 11.4 Å². The van der Waals surface area contributed by atoms with Crippen LogP contribution in [0.1, 0.15) is 5.56 Å². The molecular weight excluding hydrogens is 318 g/mol. The Labute approximate surface area is 142 Å². The van der Waals surface area contributed by atoms with Crippen LogP contribution in [-0.2, 0) is 0 Å². The molecule has 25 heavy (non-hydrogen) atoms. The number of benzene rings is 1. The molecule has 7 nitrogen and oxygen atoms in total. The fourth-order valence-corrected chi connectivity index (χ4v) is 2.44. The van der Waals surface area contributed by atoms with Gasteiger partial charge in [0.05, 0.1) is 0 Å². The van der Waals surface area contributed by atoms with Crippen molar-refractivity contribution in [1.29, 1.82) is 0 Å². The largest absolute Gasteiger partial charge is 0.333 e. The van der Waals surface area contributed by atoms with E-state index in [9.17, 15) is 4.79 Å². The second kappa shape index (κ2) is 6.12. The molecule has 0 aliphatic heterocycles. The van der Waals surface area contributed by atoms with Crippen molar-refractivity contribution in [3.8, 4) is 34.4 Å². The fourth-order valence-electron chi connectivity index (χ4n) is 2.44. The van der Waals surface area contributed by atoms with Crippen LogP contribution < -0.4 is 5.56 Å². The number of hydrogen-bond donors (Lipinski definition) is 1. The van der Waals surface area contributed by atoms with Gasteiger partial charge < -0.3 is 9.51 Å². The molecular formula is C18H13N5O2. The van der Waals surface area contributed by atoms with Gasteiger partial charge in [-0.05, 0) is 18.6 Å². The zero-order valence-corrected chi connectivity index (χ0v) is 13.3. The van der Waals surface area contributed by atoms with Gasteiger partial charge in [0.1, 0.15) is 17.1 Å². The molecule has 0 aliphatic rings. The predicted molar refractivity (Wildman–Crippen MR) is 91.6 cm³/mol. The minimum absolute atomic E-state index is 0.105. The molecule has 7 heteroatoms. The average molecular weight is 331 g/mol. The Balaban J connectivity index is 1.72. The first-order chi connectivity index (χ1) is 12.2. The van der Waals surface area contributed by atoms with Crippen molar-refractivity contribution < 1.29 is 4.52 Å². The molecule has 3 aromatic heterocycles. The Hall–Kier alpha value is -3.61. The van der Waals surface area contributed by atoms with E-state index < -0.39 is 0 Å². The number of rotatable bonds is 3. The van der Waals surface area contributed by atoms with Crippen molar-refractivity contribution in [1.82, 2.24) is 25.1 Å². The van der Waals surface area contributed by atoms with Gasteiger partial charge in [-0.1, -0.05) is 41.6 Å². The molecule has 0 radical (unpaired) electrons. The smallest absolute Gasteiger partial charge is 0.265 e. The Morgan fingerprint density at radius 3 is 2.64 bits per heavy atom. The van der Waals surface area contributed by atoms with E-state index in [-0.39, 0.29) is 17.0 Å². The lowest BCUT2D eigenvalue weighted by atomic mass is 10.2. The standard InChI is InChI=1S/C18H13N5O2/c1-11-6-5-9-19-14(11)16-22-18(25-23-16)13-10-20-15(21-17(13)24)12-7-3-2-4-8-12/h2-10H,1H3,(H,20,21,24). The van der Waals surface area contributed by atoms with Gasteiger partial charge in [0.15, 0.2) is 0 Å². The summed E-state index contributed by atoms with van der Waals surface area (Å²) in [5.41, 5.74) is 2.22. The van der Waals surface area contributed by atoms with Crippen molar-refractivity contribution in [3.05, 3.63) is 70.8 Å². The van der Waals surface area contributed by atoms with Gasteiger partial charge in [-0.15, -0.1) is 0 Å². The van der Waals surface area contributed by atoms with Gasteiger partial charge in [0, 0.05) is 18.0 Å². The SMILES string of the molecule is Cc1cccnc1-c1noc(-c2cnc(-c3ccccc3)[nH]c2=O)n1. The monoisotopic (exact) mass is 331 g/mol. The molecule has 0 atom stereocenters. The molecule has 3 heterocycles. The van der Waals surface area contributed by atoms with Crippen LogP contribution in [0.25, 0.3) is 34.4 Å². The Morgan fingerprint density at radius 1 is 1.04 bits per heavy atom. The summed E-state index contributed by atoms with van der Waals surface area (Å²) in [6, 6.07) is 13.1. The predicted octanol–water partition coefficient (Wildman–Crippen LogP) is 2.86. The number of nitrogens with one attached hydrogen (secondary N) is 1. The summed E-state index contributed by atoms with van der Waals surface area (Å²) in [5, 5.41) is 3.92. The number of aryl methyl sites for hydroxylation is 1. The van der Waals surface area contributed by atoms with E-state index in [1.807, 2.05) is 49.4 Å². The molecule has 0 amide bonds. The lowest BCUT2D eigenvalue weighted by Gasteiger charge is -2.00. The van der Waals surface area contributed by atoms with Crippen LogP contribution in [0.3, 0.4) is 0 Å². The number of hydrogen-bond acceptors (Lipinski definition) is 6. The highest BCUT2D eigenvalue weighted by Crippen LogP contribution is 2.21. The summed E-state index contributed by atoms with van der Waals surface area (Å²) in [4.78, 5) is 27.9. The minimum atomic E-state index is -0.346. The Bertz CT molecular complexity index is 1090. The number of aromatic nitrogens is 5. The summed E-state index contributed by atoms with van der Waals surface area (Å²) in [7, 11) is 0. The maximum absolute atomic E-state index is 12.4. The summed E-state index contributed by atoms with van der Waals surface area (Å²) in [6.45, 7) is 1.90. The van der Waals surface area contributed by atoms with Gasteiger partial charge in [-0.25, -0.2) is 4.98 Å². The van der Waals surface area contributed by atoms with Crippen molar-refractivity contribution in [2.75, 3.05) is 0 Å². The van der Waals surface area contributed by atoms with E-state index in [1.165, 1.54) is 6.20 Å². The molecule has 1 N–H and O–H groups in total. The van der Waals surface area contributed by atoms with E-state index in [4.69, 9.17) is 4.52 Å². The third-order valence-corrected chi connectivity index (χ3v) is 3.72. The number of aromatic amines is 1. The molecule has 4 rings (SSSR count). The maximum atomic E-state index is 12.4. The molecule has 0 fully saturated rings. The van der Waals surface area contributed by atoms with Crippen LogP contribution in [0, 0.1) is 6.92 Å². The van der Waals surface area contributed by atoms with Gasteiger partial charge in [0.2, 0.25) is 5.82 Å². The molecule has 0 spiro atoms. The van der Waals surface area contributed by atoms with Gasteiger partial charge >= 0.3 is 0 Å². The molecule has 0 aliphatic carbocycles. The van der Waals surface area contributed by atoms with E-state index in [0.717, 1.165) is 11.1 Å². The quantitative estimate of drug-likeness (QED) is 0.620. The lowest BCUT2D eigenvalue weighted by molar-refractivity contribution is 0.431. The fraction of sp³-hybridized carbons (Fsp3) is 0.0556. The topological polar surface area (TPSA) is 97.6 Å². The highest BCUT2D eigenvalue weighted by molar-refractivity contribution is 5.60. The highest BCUT2D eigenvalue weighted by atomic mass is 16.5. The summed E-state index contributed by atoms with van der Waals surface area (Å²) < 4.78 is 5.23. The summed E-state index contributed by atoms with van der Waals surface area (Å²) in [5.74, 6) is 0.919. The molecule has 0 bridgehead atoms. The third-order valence-electron chi connectivity index (χ3n) is 3.72. The van der Waals surface area contributed by atoms with Crippen LogP contribution in [0.2, 0.25) is 0 Å². The second-order valence-electron chi connectivity index (χ2n) is 5.43.